The smallest absolute Gasteiger partial charge is 0.272 e. The molecule has 10 nitrogen and oxygen atoms in total. The van der Waals surface area contributed by atoms with Gasteiger partial charge in [-0.05, 0) is 74.6 Å². The second-order valence-electron chi connectivity index (χ2n) is 11.5. The highest BCUT2D eigenvalue weighted by atomic mass is 35.6. The lowest BCUT2D eigenvalue weighted by Gasteiger charge is -2.41. The van der Waals surface area contributed by atoms with Crippen molar-refractivity contribution in [3.63, 3.8) is 0 Å². The maximum atomic E-state index is 12.1. The highest BCUT2D eigenvalue weighted by Gasteiger charge is 2.39. The molecular weight excluding hydrogens is 709 g/mol. The standard InChI is InChI=1S/C35H32Cl3N5O5S/c1-21-30(20-49-34-40-41-42-43(34)28-12-14-29(45)15-13-28)47-32(48-31(21)24-10-8-22(19-44)9-11-24)27-7-3-6-26(17-27)25-5-2-4-23(16-25)18-39-33(46)35(36,37)38/h2-17,21,30-32,44-45H,18-20H2,1H3,(H,39,46). The Hall–Kier alpha value is -3.68. The maximum absolute atomic E-state index is 12.1. The lowest BCUT2D eigenvalue weighted by atomic mass is 9.91. The molecule has 14 heteroatoms. The highest BCUT2D eigenvalue weighted by molar-refractivity contribution is 7.99. The molecule has 5 aromatic rings. The van der Waals surface area contributed by atoms with Crippen LogP contribution in [0.1, 0.15) is 41.6 Å². The van der Waals surface area contributed by atoms with Gasteiger partial charge in [0.2, 0.25) is 5.16 Å². The lowest BCUT2D eigenvalue weighted by molar-refractivity contribution is -0.268. The summed E-state index contributed by atoms with van der Waals surface area (Å²) in [5, 5.41) is 34.8. The van der Waals surface area contributed by atoms with Gasteiger partial charge in [0.1, 0.15) is 5.75 Å². The van der Waals surface area contributed by atoms with Crippen molar-refractivity contribution in [3.05, 3.63) is 119 Å². The zero-order chi connectivity index (χ0) is 34.5. The molecule has 1 amide bonds. The fourth-order valence-corrected chi connectivity index (χ4v) is 6.75. The number of halogens is 3. The molecule has 1 fully saturated rings. The summed E-state index contributed by atoms with van der Waals surface area (Å²) in [5.74, 6) is -0.0611. The number of carbonyl (C=O) groups excluding carboxylic acids is 1. The van der Waals surface area contributed by atoms with Crippen LogP contribution in [-0.4, -0.2) is 52.0 Å². The van der Waals surface area contributed by atoms with Crippen molar-refractivity contribution in [1.82, 2.24) is 25.5 Å². The van der Waals surface area contributed by atoms with Crippen molar-refractivity contribution in [2.24, 2.45) is 5.92 Å². The summed E-state index contributed by atoms with van der Waals surface area (Å²) in [4.78, 5) is 12.1. The van der Waals surface area contributed by atoms with Crippen molar-refractivity contribution >= 4 is 52.5 Å². The van der Waals surface area contributed by atoms with Crippen LogP contribution in [0.2, 0.25) is 0 Å². The van der Waals surface area contributed by atoms with E-state index in [1.54, 1.807) is 28.9 Å². The fourth-order valence-electron chi connectivity index (χ4n) is 5.50. The molecule has 1 aliphatic rings. The number of rotatable bonds is 10. The molecule has 0 spiro atoms. The van der Waals surface area contributed by atoms with E-state index in [1.807, 2.05) is 72.8 Å². The largest absolute Gasteiger partial charge is 0.508 e. The average molecular weight is 741 g/mol. The molecule has 4 atom stereocenters. The van der Waals surface area contributed by atoms with Gasteiger partial charge >= 0.3 is 0 Å². The molecule has 0 saturated carbocycles. The minimum atomic E-state index is -2.04. The molecule has 3 N–H and O–H groups in total. The molecule has 0 bridgehead atoms. The summed E-state index contributed by atoms with van der Waals surface area (Å²) < 4.78 is 12.9. The molecule has 0 radical (unpaired) electrons. The normalized spacial score (nSPS) is 19.4. The van der Waals surface area contributed by atoms with Gasteiger partial charge in [-0.3, -0.25) is 4.79 Å². The molecule has 1 aliphatic heterocycles. The Labute approximate surface area is 302 Å². The molecule has 6 rings (SSSR count). The summed E-state index contributed by atoms with van der Waals surface area (Å²) in [6.07, 6.45) is -1.26. The SMILES string of the molecule is CC1C(CSc2nnnn2-c2ccc(O)cc2)OC(c2cccc(-c3cccc(CNC(=O)C(Cl)(Cl)Cl)c3)c2)OC1c1ccc(CO)cc1. The van der Waals surface area contributed by atoms with E-state index in [4.69, 9.17) is 44.3 Å². The number of carbonyl (C=O) groups is 1. The average Bonchev–Trinajstić information content (AvgIpc) is 3.59. The number of aromatic nitrogens is 4. The number of nitrogens with zero attached hydrogens (tertiary/aromatic N) is 4. The number of phenolic OH excluding ortho intramolecular Hbond substituents is 1. The van der Waals surface area contributed by atoms with E-state index in [2.05, 4.69) is 27.8 Å². The van der Waals surface area contributed by atoms with Crippen LogP contribution in [0.25, 0.3) is 16.8 Å². The molecule has 1 aromatic heterocycles. The van der Waals surface area contributed by atoms with E-state index in [1.165, 1.54) is 11.8 Å². The van der Waals surface area contributed by atoms with E-state index >= 15 is 0 Å². The number of aliphatic hydroxyl groups excluding tert-OH is 1. The van der Waals surface area contributed by atoms with Gasteiger partial charge in [-0.25, -0.2) is 0 Å². The van der Waals surface area contributed by atoms with Crippen LogP contribution < -0.4 is 5.32 Å². The van der Waals surface area contributed by atoms with Crippen molar-refractivity contribution in [2.75, 3.05) is 5.75 Å². The van der Waals surface area contributed by atoms with Crippen LogP contribution in [0.5, 0.6) is 5.75 Å². The summed E-state index contributed by atoms with van der Waals surface area (Å²) in [7, 11) is 0. The monoisotopic (exact) mass is 739 g/mol. The number of aliphatic hydroxyl groups is 1. The molecule has 254 valence electrons. The fraction of sp³-hybridized carbons (Fsp3) is 0.257. The third-order valence-corrected chi connectivity index (χ3v) is 9.69. The third kappa shape index (κ3) is 8.56. The molecule has 4 unspecified atom stereocenters. The van der Waals surface area contributed by atoms with Crippen molar-refractivity contribution in [1.29, 1.82) is 0 Å². The Bertz CT molecular complexity index is 1890. The first-order chi connectivity index (χ1) is 23.6. The van der Waals surface area contributed by atoms with Gasteiger partial charge in [-0.15, -0.1) is 5.10 Å². The summed E-state index contributed by atoms with van der Waals surface area (Å²) >= 11 is 18.6. The Morgan fingerprint density at radius 2 is 1.63 bits per heavy atom. The quantitative estimate of drug-likeness (QED) is 0.101. The predicted molar refractivity (Wildman–Crippen MR) is 189 cm³/mol. The first-order valence-corrected chi connectivity index (χ1v) is 17.5. The second kappa shape index (κ2) is 15.5. The topological polar surface area (TPSA) is 132 Å². The van der Waals surface area contributed by atoms with Gasteiger partial charge < -0.3 is 25.0 Å². The number of benzene rings is 4. The predicted octanol–water partition coefficient (Wildman–Crippen LogP) is 7.10. The molecule has 49 heavy (non-hydrogen) atoms. The minimum Gasteiger partial charge on any atom is -0.508 e. The number of phenols is 1. The van der Waals surface area contributed by atoms with Gasteiger partial charge in [0.05, 0.1) is 24.5 Å². The van der Waals surface area contributed by atoms with Crippen molar-refractivity contribution in [3.8, 4) is 22.6 Å². The van der Waals surface area contributed by atoms with E-state index < -0.39 is 16.0 Å². The Morgan fingerprint density at radius 3 is 2.35 bits per heavy atom. The number of amides is 1. The van der Waals surface area contributed by atoms with Gasteiger partial charge in [-0.2, -0.15) is 4.68 Å². The number of alkyl halides is 3. The Morgan fingerprint density at radius 1 is 0.918 bits per heavy atom. The van der Waals surface area contributed by atoms with Crippen LogP contribution in [0.3, 0.4) is 0 Å². The van der Waals surface area contributed by atoms with Crippen LogP contribution in [-0.2, 0) is 27.4 Å². The number of nitrogens with one attached hydrogen (secondary N) is 1. The molecule has 1 saturated heterocycles. The molecular formula is C35H32Cl3N5O5S. The van der Waals surface area contributed by atoms with Crippen LogP contribution in [0, 0.1) is 5.92 Å². The number of hydrogen-bond acceptors (Lipinski definition) is 9. The van der Waals surface area contributed by atoms with Crippen molar-refractivity contribution < 1.29 is 24.5 Å². The first-order valence-electron chi connectivity index (χ1n) is 15.3. The minimum absolute atomic E-state index is 0.0463. The highest BCUT2D eigenvalue weighted by Crippen LogP contribution is 2.43. The second-order valence-corrected chi connectivity index (χ2v) is 14.8. The number of hydrogen-bond donors (Lipinski definition) is 3. The van der Waals surface area contributed by atoms with E-state index in [-0.39, 0.29) is 37.0 Å². The molecule has 4 aromatic carbocycles. The van der Waals surface area contributed by atoms with Gasteiger partial charge in [0, 0.05) is 23.8 Å². The number of ether oxygens (including phenoxy) is 2. The molecule has 2 heterocycles. The zero-order valence-corrected chi connectivity index (χ0v) is 29.2. The Kier molecular flexibility index (Phi) is 11.1. The maximum Gasteiger partial charge on any atom is 0.272 e. The summed E-state index contributed by atoms with van der Waals surface area (Å²) in [6.45, 7) is 2.24. The Balaban J connectivity index is 1.25. The zero-order valence-electron chi connectivity index (χ0n) is 26.1. The summed E-state index contributed by atoms with van der Waals surface area (Å²) in [6, 6.07) is 30.1. The van der Waals surface area contributed by atoms with Crippen LogP contribution in [0.4, 0.5) is 0 Å². The molecule has 0 aliphatic carbocycles. The van der Waals surface area contributed by atoms with Crippen LogP contribution in [0.15, 0.2) is 102 Å². The number of aromatic hydroxyl groups is 1. The number of thioether (sulfide) groups is 1. The van der Waals surface area contributed by atoms with Gasteiger partial charge in [-0.1, -0.05) is 114 Å². The third-order valence-electron chi connectivity index (χ3n) is 8.16. The van der Waals surface area contributed by atoms with Crippen molar-refractivity contribution in [2.45, 2.75) is 47.5 Å². The summed E-state index contributed by atoms with van der Waals surface area (Å²) in [5.41, 5.74) is 6.04. The van der Waals surface area contributed by atoms with Crippen LogP contribution >= 0.6 is 46.6 Å². The van der Waals surface area contributed by atoms with Gasteiger partial charge in [0.25, 0.3) is 9.70 Å². The van der Waals surface area contributed by atoms with Gasteiger partial charge in [0.15, 0.2) is 6.29 Å². The van der Waals surface area contributed by atoms with E-state index in [9.17, 15) is 15.0 Å². The first kappa shape index (κ1) is 35.2. The van der Waals surface area contributed by atoms with E-state index in [0.717, 1.165) is 39.1 Å². The van der Waals surface area contributed by atoms with E-state index in [0.29, 0.717) is 10.9 Å². The lowest BCUT2D eigenvalue weighted by Crippen LogP contribution is -2.38. The number of tetrazole rings is 1.